The van der Waals surface area contributed by atoms with Crippen LogP contribution in [0.1, 0.15) is 22.3 Å². The monoisotopic (exact) mass is 331 g/mol. The Labute approximate surface area is 136 Å². The molecule has 0 spiro atoms. The molecule has 2 amide bonds. The third-order valence-electron chi connectivity index (χ3n) is 3.21. The van der Waals surface area contributed by atoms with Gasteiger partial charge in [-0.15, -0.1) is 0 Å². The van der Waals surface area contributed by atoms with Gasteiger partial charge in [-0.1, -0.05) is 12.1 Å². The molecule has 0 radical (unpaired) electrons. The fraction of sp³-hybridized carbons (Fsp3) is 0.125. The van der Waals surface area contributed by atoms with Crippen molar-refractivity contribution < 1.29 is 18.9 Å². The summed E-state index contributed by atoms with van der Waals surface area (Å²) in [6.07, 6.45) is 0.520. The smallest absolute Gasteiger partial charge is 0.269 e. The van der Waals surface area contributed by atoms with Crippen LogP contribution in [0.4, 0.5) is 10.1 Å². The van der Waals surface area contributed by atoms with E-state index in [-0.39, 0.29) is 23.5 Å². The van der Waals surface area contributed by atoms with E-state index < -0.39 is 16.7 Å². The highest BCUT2D eigenvalue weighted by Crippen LogP contribution is 2.11. The van der Waals surface area contributed by atoms with Gasteiger partial charge in [-0.2, -0.15) is 0 Å². The molecular formula is C16H14FN3O4. The van der Waals surface area contributed by atoms with Gasteiger partial charge in [0.1, 0.15) is 5.82 Å². The van der Waals surface area contributed by atoms with Gasteiger partial charge in [0, 0.05) is 24.1 Å². The van der Waals surface area contributed by atoms with Crippen LogP contribution in [0.5, 0.6) is 0 Å². The molecule has 0 aliphatic carbocycles. The molecule has 0 heterocycles. The number of halogens is 1. The Morgan fingerprint density at radius 3 is 2.21 bits per heavy atom. The quantitative estimate of drug-likeness (QED) is 0.647. The molecule has 2 N–H and O–H groups in total. The number of hydrazine groups is 1. The molecule has 2 rings (SSSR count). The van der Waals surface area contributed by atoms with E-state index in [1.807, 2.05) is 0 Å². The number of carbonyl (C=O) groups excluding carboxylic acids is 2. The van der Waals surface area contributed by atoms with Crippen molar-refractivity contribution in [2.75, 3.05) is 0 Å². The fourth-order valence-electron chi connectivity index (χ4n) is 1.90. The van der Waals surface area contributed by atoms with Crippen molar-refractivity contribution in [2.24, 2.45) is 0 Å². The van der Waals surface area contributed by atoms with Gasteiger partial charge in [-0.3, -0.25) is 30.6 Å². The van der Waals surface area contributed by atoms with Crippen molar-refractivity contribution in [1.82, 2.24) is 10.9 Å². The van der Waals surface area contributed by atoms with E-state index in [1.54, 1.807) is 12.1 Å². The lowest BCUT2D eigenvalue weighted by Gasteiger charge is -2.07. The van der Waals surface area contributed by atoms with Crippen LogP contribution in [-0.2, 0) is 11.2 Å². The number of nitro benzene ring substituents is 1. The second kappa shape index (κ2) is 7.82. The number of hydrogen-bond acceptors (Lipinski definition) is 4. The summed E-state index contributed by atoms with van der Waals surface area (Å²) < 4.78 is 12.8. The molecule has 7 nitrogen and oxygen atoms in total. The molecule has 0 saturated carbocycles. The molecule has 0 aliphatic heterocycles. The summed E-state index contributed by atoms with van der Waals surface area (Å²) in [7, 11) is 0. The number of nitro groups is 1. The Morgan fingerprint density at radius 2 is 1.62 bits per heavy atom. The summed E-state index contributed by atoms with van der Waals surface area (Å²) in [6.45, 7) is 0. The molecule has 0 fully saturated rings. The lowest BCUT2D eigenvalue weighted by atomic mass is 10.1. The third-order valence-corrected chi connectivity index (χ3v) is 3.21. The number of rotatable bonds is 5. The Kier molecular flexibility index (Phi) is 5.56. The van der Waals surface area contributed by atoms with Crippen LogP contribution in [0, 0.1) is 15.9 Å². The molecule has 0 unspecified atom stereocenters. The highest BCUT2D eigenvalue weighted by Gasteiger charge is 2.10. The third kappa shape index (κ3) is 4.87. The fourth-order valence-corrected chi connectivity index (χ4v) is 1.90. The van der Waals surface area contributed by atoms with E-state index in [4.69, 9.17) is 0 Å². The Balaban J connectivity index is 1.79. The molecule has 0 aromatic heterocycles. The average Bonchev–Trinajstić information content (AvgIpc) is 2.59. The van der Waals surface area contributed by atoms with Crippen molar-refractivity contribution in [3.63, 3.8) is 0 Å². The molecule has 8 heteroatoms. The molecule has 24 heavy (non-hydrogen) atoms. The van der Waals surface area contributed by atoms with Crippen molar-refractivity contribution in [3.8, 4) is 0 Å². The SMILES string of the molecule is O=C(CCc1ccc(F)cc1)NNC(=O)c1ccc([N+](=O)[O-])cc1. The maximum Gasteiger partial charge on any atom is 0.269 e. The lowest BCUT2D eigenvalue weighted by Crippen LogP contribution is -2.41. The minimum atomic E-state index is -0.583. The summed E-state index contributed by atoms with van der Waals surface area (Å²) in [5.41, 5.74) is 5.33. The summed E-state index contributed by atoms with van der Waals surface area (Å²) >= 11 is 0. The molecular weight excluding hydrogens is 317 g/mol. The predicted molar refractivity (Wildman–Crippen MR) is 83.4 cm³/mol. The van der Waals surface area contributed by atoms with Gasteiger partial charge in [-0.25, -0.2) is 4.39 Å². The molecule has 0 aliphatic rings. The number of carbonyl (C=O) groups is 2. The zero-order valence-electron chi connectivity index (χ0n) is 12.5. The standard InChI is InChI=1S/C16H14FN3O4/c17-13-6-1-11(2-7-13)3-10-15(21)18-19-16(22)12-4-8-14(9-5-12)20(23)24/h1-2,4-9H,3,10H2,(H,18,21)(H,19,22). The highest BCUT2D eigenvalue weighted by molar-refractivity contribution is 5.95. The zero-order valence-corrected chi connectivity index (χ0v) is 12.5. The van der Waals surface area contributed by atoms with Gasteiger partial charge in [0.2, 0.25) is 5.91 Å². The number of non-ortho nitro benzene ring substituents is 1. The largest absolute Gasteiger partial charge is 0.273 e. The Morgan fingerprint density at radius 1 is 1.00 bits per heavy atom. The van der Waals surface area contributed by atoms with Gasteiger partial charge in [0.25, 0.3) is 11.6 Å². The van der Waals surface area contributed by atoms with Gasteiger partial charge >= 0.3 is 0 Å². The van der Waals surface area contributed by atoms with Gasteiger partial charge < -0.3 is 0 Å². The molecule has 2 aromatic carbocycles. The zero-order chi connectivity index (χ0) is 17.5. The highest BCUT2D eigenvalue weighted by atomic mass is 19.1. The normalized spacial score (nSPS) is 10.0. The van der Waals surface area contributed by atoms with Crippen LogP contribution in [0.25, 0.3) is 0 Å². The van der Waals surface area contributed by atoms with Crippen LogP contribution in [0.2, 0.25) is 0 Å². The number of nitrogens with zero attached hydrogens (tertiary/aromatic N) is 1. The predicted octanol–water partition coefficient (Wildman–Crippen LogP) is 2.13. The van der Waals surface area contributed by atoms with Crippen molar-refractivity contribution in [2.45, 2.75) is 12.8 Å². The molecule has 0 saturated heterocycles. The first-order chi connectivity index (χ1) is 11.5. The van der Waals surface area contributed by atoms with Crippen LogP contribution in [-0.4, -0.2) is 16.7 Å². The molecule has 0 bridgehead atoms. The van der Waals surface area contributed by atoms with E-state index in [1.165, 1.54) is 36.4 Å². The minimum absolute atomic E-state index is 0.117. The Hall–Kier alpha value is -3.29. The number of aryl methyl sites for hydroxylation is 1. The van der Waals surface area contributed by atoms with Crippen molar-refractivity contribution in [1.29, 1.82) is 0 Å². The first kappa shape index (κ1) is 17.1. The second-order valence-corrected chi connectivity index (χ2v) is 4.93. The van der Waals surface area contributed by atoms with E-state index in [9.17, 15) is 24.1 Å². The second-order valence-electron chi connectivity index (χ2n) is 4.93. The van der Waals surface area contributed by atoms with Crippen LogP contribution in [0.3, 0.4) is 0 Å². The van der Waals surface area contributed by atoms with E-state index >= 15 is 0 Å². The molecule has 124 valence electrons. The van der Waals surface area contributed by atoms with Crippen LogP contribution >= 0.6 is 0 Å². The Bertz CT molecular complexity index is 745. The van der Waals surface area contributed by atoms with E-state index in [0.29, 0.717) is 6.42 Å². The summed E-state index contributed by atoms with van der Waals surface area (Å²) in [5.74, 6) is -1.34. The van der Waals surface area contributed by atoms with Crippen LogP contribution in [0.15, 0.2) is 48.5 Å². The van der Waals surface area contributed by atoms with E-state index in [0.717, 1.165) is 5.56 Å². The topological polar surface area (TPSA) is 101 Å². The van der Waals surface area contributed by atoms with Crippen molar-refractivity contribution in [3.05, 3.63) is 75.6 Å². The maximum absolute atomic E-state index is 12.8. The first-order valence-corrected chi connectivity index (χ1v) is 7.04. The van der Waals surface area contributed by atoms with Gasteiger partial charge in [0.05, 0.1) is 4.92 Å². The summed E-state index contributed by atoms with van der Waals surface area (Å²) in [4.78, 5) is 33.4. The van der Waals surface area contributed by atoms with Crippen LogP contribution < -0.4 is 10.9 Å². The number of nitrogens with one attached hydrogen (secondary N) is 2. The lowest BCUT2D eigenvalue weighted by molar-refractivity contribution is -0.384. The molecule has 2 aromatic rings. The first-order valence-electron chi connectivity index (χ1n) is 7.04. The maximum atomic E-state index is 12.8. The number of amides is 2. The molecule has 0 atom stereocenters. The minimum Gasteiger partial charge on any atom is -0.273 e. The van der Waals surface area contributed by atoms with Gasteiger partial charge in [-0.05, 0) is 36.2 Å². The average molecular weight is 331 g/mol. The van der Waals surface area contributed by atoms with Crippen molar-refractivity contribution >= 4 is 17.5 Å². The number of hydrogen-bond donors (Lipinski definition) is 2. The van der Waals surface area contributed by atoms with E-state index in [2.05, 4.69) is 10.9 Å². The number of benzene rings is 2. The van der Waals surface area contributed by atoms with Gasteiger partial charge in [0.15, 0.2) is 0 Å². The summed E-state index contributed by atoms with van der Waals surface area (Å²) in [5, 5.41) is 10.5. The summed E-state index contributed by atoms with van der Waals surface area (Å²) in [6, 6.07) is 10.8.